The summed E-state index contributed by atoms with van der Waals surface area (Å²) in [6.45, 7) is 4.59. The molecule has 96 valence electrons. The summed E-state index contributed by atoms with van der Waals surface area (Å²) in [6, 6.07) is 3.55. The summed E-state index contributed by atoms with van der Waals surface area (Å²) in [4.78, 5) is 19.0. The lowest BCUT2D eigenvalue weighted by atomic mass is 10.2. The molecule has 0 aliphatic heterocycles. The molecule has 0 saturated heterocycles. The molecule has 2 heterocycles. The molecule has 1 amide bonds. The van der Waals surface area contributed by atoms with Crippen molar-refractivity contribution in [2.75, 3.05) is 0 Å². The van der Waals surface area contributed by atoms with Gasteiger partial charge in [0.15, 0.2) is 0 Å². The van der Waals surface area contributed by atoms with Crippen LogP contribution in [0.25, 0.3) is 0 Å². The van der Waals surface area contributed by atoms with E-state index in [0.29, 0.717) is 18.2 Å². The number of amides is 1. The fourth-order valence-corrected chi connectivity index (χ4v) is 1.59. The van der Waals surface area contributed by atoms with E-state index in [9.17, 15) is 4.79 Å². The highest BCUT2D eigenvalue weighted by molar-refractivity contribution is 5.77. The molecule has 2 aromatic heterocycles. The van der Waals surface area contributed by atoms with Crippen LogP contribution in [-0.2, 0) is 17.8 Å². The minimum Gasteiger partial charge on any atom is -0.469 e. The number of aromatic nitrogens is 2. The third kappa shape index (κ3) is 3.23. The number of carbonyl (C=O) groups excluding carboxylic acids is 1. The van der Waals surface area contributed by atoms with Crippen molar-refractivity contribution >= 4 is 5.91 Å². The fraction of sp³-hybridized carbons (Fsp3) is 0.385. The molecule has 0 saturated carbocycles. The number of imidazole rings is 1. The van der Waals surface area contributed by atoms with E-state index in [4.69, 9.17) is 4.42 Å². The Hall–Kier alpha value is -2.04. The molecule has 5 heteroatoms. The van der Waals surface area contributed by atoms with Crippen LogP contribution in [0.2, 0.25) is 0 Å². The maximum Gasteiger partial charge on any atom is 0.227 e. The second-order valence-corrected chi connectivity index (χ2v) is 4.48. The molecule has 0 atom stereocenters. The highest BCUT2D eigenvalue weighted by Crippen LogP contribution is 2.09. The molecule has 2 rings (SSSR count). The highest BCUT2D eigenvalue weighted by atomic mass is 16.3. The predicted molar refractivity (Wildman–Crippen MR) is 66.9 cm³/mol. The van der Waals surface area contributed by atoms with Gasteiger partial charge in [-0.3, -0.25) is 4.79 Å². The Balaban J connectivity index is 1.81. The van der Waals surface area contributed by atoms with E-state index in [1.54, 1.807) is 24.6 Å². The fourth-order valence-electron chi connectivity index (χ4n) is 1.59. The summed E-state index contributed by atoms with van der Waals surface area (Å²) >= 11 is 0. The van der Waals surface area contributed by atoms with E-state index in [2.05, 4.69) is 29.1 Å². The standard InChI is InChI=1S/C13H17N3O2/c1-9(2)13-15-8-10(16-13)7-14-12(17)6-11-4-3-5-18-11/h3-5,8-9H,6-7H2,1-2H3,(H,14,17)(H,15,16). The summed E-state index contributed by atoms with van der Waals surface area (Å²) < 4.78 is 5.11. The van der Waals surface area contributed by atoms with Gasteiger partial charge in [-0.25, -0.2) is 4.98 Å². The molecule has 0 aromatic carbocycles. The molecular formula is C13H17N3O2. The quantitative estimate of drug-likeness (QED) is 0.848. The number of rotatable bonds is 5. The van der Waals surface area contributed by atoms with Crippen LogP contribution in [0.3, 0.4) is 0 Å². The minimum atomic E-state index is -0.0642. The summed E-state index contributed by atoms with van der Waals surface area (Å²) in [5.41, 5.74) is 0.909. The predicted octanol–water partition coefficient (Wildman–Crippen LogP) is 1.99. The second-order valence-electron chi connectivity index (χ2n) is 4.48. The van der Waals surface area contributed by atoms with Gasteiger partial charge < -0.3 is 14.7 Å². The van der Waals surface area contributed by atoms with Crippen molar-refractivity contribution in [1.29, 1.82) is 0 Å². The van der Waals surface area contributed by atoms with E-state index in [1.165, 1.54) is 0 Å². The molecule has 0 spiro atoms. The van der Waals surface area contributed by atoms with E-state index < -0.39 is 0 Å². The Morgan fingerprint density at radius 1 is 1.56 bits per heavy atom. The zero-order valence-electron chi connectivity index (χ0n) is 10.6. The maximum atomic E-state index is 11.6. The van der Waals surface area contributed by atoms with Crippen LogP contribution < -0.4 is 5.32 Å². The molecule has 5 nitrogen and oxygen atoms in total. The number of carbonyl (C=O) groups is 1. The van der Waals surface area contributed by atoms with Crippen LogP contribution in [-0.4, -0.2) is 15.9 Å². The van der Waals surface area contributed by atoms with Crippen LogP contribution in [0, 0.1) is 0 Å². The first-order chi connectivity index (χ1) is 8.65. The van der Waals surface area contributed by atoms with Crippen LogP contribution in [0.1, 0.15) is 37.0 Å². The molecule has 2 aromatic rings. The van der Waals surface area contributed by atoms with Crippen molar-refractivity contribution in [3.63, 3.8) is 0 Å². The first-order valence-corrected chi connectivity index (χ1v) is 5.98. The highest BCUT2D eigenvalue weighted by Gasteiger charge is 2.07. The van der Waals surface area contributed by atoms with Crippen LogP contribution >= 0.6 is 0 Å². The Labute approximate surface area is 106 Å². The number of nitrogens with one attached hydrogen (secondary N) is 2. The van der Waals surface area contributed by atoms with Gasteiger partial charge in [0.1, 0.15) is 11.6 Å². The van der Waals surface area contributed by atoms with Gasteiger partial charge in [-0.2, -0.15) is 0 Å². The molecule has 0 unspecified atom stereocenters. The number of aromatic amines is 1. The monoisotopic (exact) mass is 247 g/mol. The summed E-state index contributed by atoms with van der Waals surface area (Å²) in [6.07, 6.45) is 3.58. The lowest BCUT2D eigenvalue weighted by Gasteiger charge is -2.02. The Kier molecular flexibility index (Phi) is 3.82. The van der Waals surface area contributed by atoms with Crippen molar-refractivity contribution < 1.29 is 9.21 Å². The zero-order chi connectivity index (χ0) is 13.0. The first kappa shape index (κ1) is 12.4. The third-order valence-electron chi connectivity index (χ3n) is 2.59. The SMILES string of the molecule is CC(C)c1ncc(CNC(=O)Cc2ccco2)[nH]1. The molecule has 18 heavy (non-hydrogen) atoms. The second kappa shape index (κ2) is 5.53. The molecule has 0 bridgehead atoms. The van der Waals surface area contributed by atoms with Crippen molar-refractivity contribution in [2.45, 2.75) is 32.7 Å². The number of furan rings is 1. The molecule has 0 radical (unpaired) electrons. The topological polar surface area (TPSA) is 70.9 Å². The van der Waals surface area contributed by atoms with E-state index in [1.807, 2.05) is 0 Å². The van der Waals surface area contributed by atoms with Crippen molar-refractivity contribution in [1.82, 2.24) is 15.3 Å². The van der Waals surface area contributed by atoms with E-state index in [0.717, 1.165) is 11.5 Å². The minimum absolute atomic E-state index is 0.0642. The maximum absolute atomic E-state index is 11.6. The number of nitrogens with zero attached hydrogens (tertiary/aromatic N) is 1. The van der Waals surface area contributed by atoms with Crippen molar-refractivity contribution in [3.8, 4) is 0 Å². The zero-order valence-corrected chi connectivity index (χ0v) is 10.6. The largest absolute Gasteiger partial charge is 0.469 e. The Morgan fingerprint density at radius 3 is 3.00 bits per heavy atom. The molecule has 0 fully saturated rings. The third-order valence-corrected chi connectivity index (χ3v) is 2.59. The van der Waals surface area contributed by atoms with Gasteiger partial charge >= 0.3 is 0 Å². The van der Waals surface area contributed by atoms with Crippen LogP contribution in [0.4, 0.5) is 0 Å². The number of hydrogen-bond donors (Lipinski definition) is 2. The Bertz CT molecular complexity index is 500. The van der Waals surface area contributed by atoms with Gasteiger partial charge in [0, 0.05) is 5.92 Å². The number of hydrogen-bond acceptors (Lipinski definition) is 3. The molecular weight excluding hydrogens is 230 g/mol. The first-order valence-electron chi connectivity index (χ1n) is 5.98. The van der Waals surface area contributed by atoms with E-state index >= 15 is 0 Å². The summed E-state index contributed by atoms with van der Waals surface area (Å²) in [7, 11) is 0. The molecule has 0 aliphatic carbocycles. The molecule has 2 N–H and O–H groups in total. The summed E-state index contributed by atoms with van der Waals surface area (Å²) in [5, 5.41) is 2.82. The van der Waals surface area contributed by atoms with Crippen LogP contribution in [0.15, 0.2) is 29.0 Å². The van der Waals surface area contributed by atoms with Gasteiger partial charge in [0.2, 0.25) is 5.91 Å². The van der Waals surface area contributed by atoms with Gasteiger partial charge in [-0.05, 0) is 12.1 Å². The summed E-state index contributed by atoms with van der Waals surface area (Å²) in [5.74, 6) is 1.90. The molecule has 0 aliphatic rings. The Morgan fingerprint density at radius 2 is 2.39 bits per heavy atom. The normalized spacial score (nSPS) is 10.8. The average Bonchev–Trinajstić information content (AvgIpc) is 2.96. The van der Waals surface area contributed by atoms with Gasteiger partial charge in [0.05, 0.1) is 31.1 Å². The van der Waals surface area contributed by atoms with Crippen molar-refractivity contribution in [3.05, 3.63) is 41.9 Å². The average molecular weight is 247 g/mol. The van der Waals surface area contributed by atoms with Crippen LogP contribution in [0.5, 0.6) is 0 Å². The number of H-pyrrole nitrogens is 1. The smallest absolute Gasteiger partial charge is 0.227 e. The lowest BCUT2D eigenvalue weighted by molar-refractivity contribution is -0.120. The van der Waals surface area contributed by atoms with Crippen molar-refractivity contribution in [2.24, 2.45) is 0 Å². The van der Waals surface area contributed by atoms with Gasteiger partial charge in [0.25, 0.3) is 0 Å². The van der Waals surface area contributed by atoms with Gasteiger partial charge in [-0.15, -0.1) is 0 Å². The lowest BCUT2D eigenvalue weighted by Crippen LogP contribution is -2.24. The van der Waals surface area contributed by atoms with E-state index in [-0.39, 0.29) is 12.3 Å². The van der Waals surface area contributed by atoms with Gasteiger partial charge in [-0.1, -0.05) is 13.8 Å².